The smallest absolute Gasteiger partial charge is 0.726 e. The van der Waals surface area contributed by atoms with Crippen molar-refractivity contribution in [2.45, 2.75) is 136 Å². The molecular weight excluding hydrogens is 435 g/mol. The predicted octanol–water partition coefficient (Wildman–Crippen LogP) is 5.09. The Kier molecular flexibility index (Phi) is 28.7. The van der Waals surface area contributed by atoms with Gasteiger partial charge in [0.15, 0.2) is 0 Å². The van der Waals surface area contributed by atoms with Gasteiger partial charge in [-0.25, -0.2) is 8.42 Å². The van der Waals surface area contributed by atoms with Gasteiger partial charge in [-0.3, -0.25) is 4.18 Å². The van der Waals surface area contributed by atoms with E-state index in [9.17, 15) is 13.0 Å². The van der Waals surface area contributed by atoms with Gasteiger partial charge in [-0.1, -0.05) is 129 Å². The fourth-order valence-electron chi connectivity index (χ4n) is 3.81. The molecule has 0 rings (SSSR count). The fourth-order valence-corrected chi connectivity index (χ4v) is 4.15. The zero-order valence-electron chi connectivity index (χ0n) is 20.9. The zero-order valence-corrected chi connectivity index (χ0v) is 24.9. The van der Waals surface area contributed by atoms with Crippen LogP contribution in [0.5, 0.6) is 0 Å². The summed E-state index contributed by atoms with van der Waals surface area (Å²) in [4.78, 5) is 0. The van der Waals surface area contributed by atoms with E-state index >= 15 is 0 Å². The molecule has 0 aliphatic carbocycles. The molecule has 0 amide bonds. The number of unbranched alkanes of at least 4 members (excludes halogenated alkanes) is 16. The second kappa shape index (κ2) is 25.9. The third-order valence-corrected chi connectivity index (χ3v) is 6.16. The van der Waals surface area contributed by atoms with Crippen LogP contribution in [0.25, 0.3) is 0 Å². The van der Waals surface area contributed by atoms with Crippen LogP contribution in [0, 0.1) is 5.92 Å². The number of hydrogen-bond donors (Lipinski definition) is 0. The summed E-state index contributed by atoms with van der Waals surface area (Å²) in [5.74, 6) is 0.0209. The summed E-state index contributed by atoms with van der Waals surface area (Å²) < 4.78 is 36.7. The van der Waals surface area contributed by atoms with Crippen molar-refractivity contribution >= 4 is 10.4 Å². The number of rotatable bonds is 23. The van der Waals surface area contributed by atoms with Crippen LogP contribution in [0.4, 0.5) is 0 Å². The third-order valence-electron chi connectivity index (χ3n) is 5.74. The van der Waals surface area contributed by atoms with E-state index in [-0.39, 0.29) is 63.9 Å². The van der Waals surface area contributed by atoms with Gasteiger partial charge in [0.1, 0.15) is 0 Å². The van der Waals surface area contributed by atoms with E-state index in [1.165, 1.54) is 96.3 Å². The molecule has 31 heavy (non-hydrogen) atoms. The first-order valence-corrected chi connectivity index (χ1v) is 14.1. The SMILES string of the molecule is CCCCCCCCCCCCCCC/C=C/C(CCCCCC)COS(=O)(=O)[O-].[K+]. The largest absolute Gasteiger partial charge is 1.00 e. The normalized spacial score (nSPS) is 12.9. The molecule has 6 heteroatoms. The molecule has 1 atom stereocenters. The van der Waals surface area contributed by atoms with Gasteiger partial charge >= 0.3 is 51.4 Å². The minimum atomic E-state index is -4.60. The van der Waals surface area contributed by atoms with Crippen molar-refractivity contribution in [2.75, 3.05) is 6.61 Å². The summed E-state index contributed by atoms with van der Waals surface area (Å²) in [7, 11) is -4.60. The summed E-state index contributed by atoms with van der Waals surface area (Å²) in [6.07, 6.45) is 28.3. The first-order valence-electron chi connectivity index (χ1n) is 12.8. The number of hydrogen-bond acceptors (Lipinski definition) is 4. The van der Waals surface area contributed by atoms with Gasteiger partial charge in [-0.2, -0.15) is 0 Å². The van der Waals surface area contributed by atoms with Crippen molar-refractivity contribution in [2.24, 2.45) is 5.92 Å². The third kappa shape index (κ3) is 29.2. The Morgan fingerprint density at radius 1 is 0.710 bits per heavy atom. The maximum Gasteiger partial charge on any atom is 1.00 e. The molecule has 0 saturated carbocycles. The molecule has 0 N–H and O–H groups in total. The van der Waals surface area contributed by atoms with Crippen LogP contribution in [0.2, 0.25) is 0 Å². The molecule has 180 valence electrons. The van der Waals surface area contributed by atoms with Gasteiger partial charge in [0, 0.05) is 5.92 Å². The van der Waals surface area contributed by atoms with Crippen LogP contribution >= 0.6 is 0 Å². The van der Waals surface area contributed by atoms with Crippen molar-refractivity contribution < 1.29 is 68.5 Å². The minimum Gasteiger partial charge on any atom is -0.726 e. The van der Waals surface area contributed by atoms with Gasteiger partial charge < -0.3 is 4.55 Å². The molecule has 0 aliphatic rings. The summed E-state index contributed by atoms with van der Waals surface area (Å²) in [5, 5.41) is 0. The first kappa shape index (κ1) is 34.4. The van der Waals surface area contributed by atoms with Crippen LogP contribution in [-0.2, 0) is 14.6 Å². The Hall–Kier alpha value is 1.25. The average molecular weight is 485 g/mol. The molecule has 0 aliphatic heterocycles. The summed E-state index contributed by atoms with van der Waals surface area (Å²) in [5.41, 5.74) is 0. The molecule has 4 nitrogen and oxygen atoms in total. The van der Waals surface area contributed by atoms with Crippen LogP contribution in [0.1, 0.15) is 136 Å². The maximum absolute atomic E-state index is 10.7. The van der Waals surface area contributed by atoms with Gasteiger partial charge in [-0.05, 0) is 19.3 Å². The summed E-state index contributed by atoms with van der Waals surface area (Å²) in [6, 6.07) is 0. The second-order valence-electron chi connectivity index (χ2n) is 8.76. The van der Waals surface area contributed by atoms with Crippen molar-refractivity contribution in [3.05, 3.63) is 12.2 Å². The van der Waals surface area contributed by atoms with Crippen LogP contribution in [0.3, 0.4) is 0 Å². The molecule has 0 aromatic carbocycles. The van der Waals surface area contributed by atoms with E-state index in [1.807, 2.05) is 0 Å². The van der Waals surface area contributed by atoms with E-state index in [0.29, 0.717) is 0 Å². The predicted molar refractivity (Wildman–Crippen MR) is 127 cm³/mol. The summed E-state index contributed by atoms with van der Waals surface area (Å²) in [6.45, 7) is 4.41. The summed E-state index contributed by atoms with van der Waals surface area (Å²) >= 11 is 0. The Bertz CT molecular complexity index is 480. The topological polar surface area (TPSA) is 66.4 Å². The molecular formula is C25H49KO4S. The second-order valence-corrected chi connectivity index (χ2v) is 9.81. The molecule has 0 saturated heterocycles. The Labute approximate surface area is 237 Å². The Balaban J connectivity index is 0. The average Bonchev–Trinajstić information content (AvgIpc) is 2.70. The van der Waals surface area contributed by atoms with Crippen LogP contribution < -0.4 is 51.4 Å². The molecule has 0 fully saturated rings. The Morgan fingerprint density at radius 3 is 1.58 bits per heavy atom. The van der Waals surface area contributed by atoms with Crippen molar-refractivity contribution in [1.29, 1.82) is 0 Å². The first-order chi connectivity index (χ1) is 14.5. The fraction of sp³-hybridized carbons (Fsp3) is 0.920. The standard InChI is InChI=1S/C25H50O4S.K/c1-3-5-7-9-10-11-12-13-14-15-16-17-18-19-21-23-25(22-20-8-6-4-2)24-29-30(26,27)28;/h21,23,25H,3-20,22,24H2,1-2H3,(H,26,27,28);/q;+1/p-1/b23-21+;. The van der Waals surface area contributed by atoms with Crippen LogP contribution in [-0.4, -0.2) is 19.6 Å². The molecule has 0 radical (unpaired) electrons. The van der Waals surface area contributed by atoms with E-state index in [4.69, 9.17) is 0 Å². The molecule has 1 unspecified atom stereocenters. The monoisotopic (exact) mass is 484 g/mol. The number of allylic oxidation sites excluding steroid dienone is 1. The Morgan fingerprint density at radius 2 is 1.13 bits per heavy atom. The minimum absolute atomic E-state index is 0. The van der Waals surface area contributed by atoms with Crippen molar-refractivity contribution in [3.63, 3.8) is 0 Å². The van der Waals surface area contributed by atoms with Gasteiger partial charge in [0.2, 0.25) is 10.4 Å². The van der Waals surface area contributed by atoms with Crippen LogP contribution in [0.15, 0.2) is 12.2 Å². The van der Waals surface area contributed by atoms with E-state index in [2.05, 4.69) is 30.2 Å². The van der Waals surface area contributed by atoms with Gasteiger partial charge in [-0.15, -0.1) is 0 Å². The zero-order chi connectivity index (χ0) is 22.3. The van der Waals surface area contributed by atoms with E-state index < -0.39 is 10.4 Å². The maximum atomic E-state index is 10.7. The molecule has 0 aromatic heterocycles. The molecule has 0 spiro atoms. The molecule has 0 bridgehead atoms. The van der Waals surface area contributed by atoms with E-state index in [0.717, 1.165) is 25.7 Å². The van der Waals surface area contributed by atoms with E-state index in [1.54, 1.807) is 0 Å². The molecule has 0 heterocycles. The van der Waals surface area contributed by atoms with Crippen molar-refractivity contribution in [1.82, 2.24) is 0 Å². The molecule has 0 aromatic rings. The quantitative estimate of drug-likeness (QED) is 0.0666. The van der Waals surface area contributed by atoms with Gasteiger partial charge in [0.05, 0.1) is 6.61 Å². The van der Waals surface area contributed by atoms with Crippen molar-refractivity contribution in [3.8, 4) is 0 Å². The van der Waals surface area contributed by atoms with Gasteiger partial charge in [0.25, 0.3) is 0 Å².